The second kappa shape index (κ2) is 12.2. The number of carboxylic acids is 1. The van der Waals surface area contributed by atoms with Crippen LogP contribution < -0.4 is 14.2 Å². The Hall–Kier alpha value is -3.47. The van der Waals surface area contributed by atoms with Gasteiger partial charge in [0, 0.05) is 16.7 Å². The van der Waals surface area contributed by atoms with Gasteiger partial charge in [0.05, 0.1) is 18.7 Å². The highest BCUT2D eigenvalue weighted by atomic mass is 79.9. The van der Waals surface area contributed by atoms with Crippen molar-refractivity contribution in [2.45, 2.75) is 11.8 Å². The van der Waals surface area contributed by atoms with Crippen molar-refractivity contribution in [1.82, 2.24) is 10.2 Å². The normalized spacial score (nSPS) is 11.3. The third kappa shape index (κ3) is 7.06. The molecule has 0 unspecified atom stereocenters. The molecule has 3 aromatic carbocycles. The zero-order valence-electron chi connectivity index (χ0n) is 19.6. The molecule has 0 spiro atoms. The van der Waals surface area contributed by atoms with Crippen molar-refractivity contribution in [3.63, 3.8) is 0 Å². The molecule has 0 aliphatic carbocycles. The minimum absolute atomic E-state index is 0.000144. The number of benzene rings is 3. The summed E-state index contributed by atoms with van der Waals surface area (Å²) < 4.78 is 22.8. The highest BCUT2D eigenvalue weighted by molar-refractivity contribution is 9.10. The van der Waals surface area contributed by atoms with Gasteiger partial charge in [0.1, 0.15) is 28.8 Å². The maximum atomic E-state index is 11.9. The fraction of sp³-hybridized carbons (Fsp3) is 0.115. The molecule has 0 amide bonds. The SMILES string of the molecule is COc1cc(OC)cc(-c2nnc(S/C(=C\c3ccc(OCc4ccc(Cl)cc4)c(Br)c3)C(=O)O)o2)c1. The molecule has 0 saturated heterocycles. The minimum atomic E-state index is -1.13. The summed E-state index contributed by atoms with van der Waals surface area (Å²) in [5.74, 6) is 0.798. The highest BCUT2D eigenvalue weighted by Gasteiger charge is 2.17. The van der Waals surface area contributed by atoms with Gasteiger partial charge in [0.15, 0.2) is 0 Å². The second-order valence-electron chi connectivity index (χ2n) is 7.50. The smallest absolute Gasteiger partial charge is 0.342 e. The molecule has 37 heavy (non-hydrogen) atoms. The molecule has 8 nitrogen and oxygen atoms in total. The van der Waals surface area contributed by atoms with Gasteiger partial charge >= 0.3 is 5.97 Å². The van der Waals surface area contributed by atoms with Gasteiger partial charge in [-0.15, -0.1) is 10.2 Å². The van der Waals surface area contributed by atoms with E-state index in [0.29, 0.717) is 44.5 Å². The van der Waals surface area contributed by atoms with E-state index in [1.165, 1.54) is 20.3 Å². The third-order valence-electron chi connectivity index (χ3n) is 4.97. The Bertz CT molecular complexity index is 1420. The molecule has 190 valence electrons. The van der Waals surface area contributed by atoms with Crippen LogP contribution in [0.3, 0.4) is 0 Å². The van der Waals surface area contributed by atoms with Gasteiger partial charge in [-0.2, -0.15) is 0 Å². The van der Waals surface area contributed by atoms with Gasteiger partial charge < -0.3 is 23.7 Å². The topological polar surface area (TPSA) is 104 Å². The second-order valence-corrected chi connectivity index (χ2v) is 9.78. The van der Waals surface area contributed by atoms with E-state index in [-0.39, 0.29) is 16.0 Å². The average molecular weight is 604 g/mol. The standard InChI is InChI=1S/C26H20BrClN2O6S/c1-33-19-11-17(12-20(13-19)34-2)24-29-30-26(36-24)37-23(25(31)32)10-16-5-8-22(21(27)9-16)35-14-15-3-6-18(28)7-4-15/h3-13H,14H2,1-2H3,(H,31,32)/b23-10-. The lowest BCUT2D eigenvalue weighted by Gasteiger charge is -2.09. The first-order valence-corrected chi connectivity index (χ1v) is 12.7. The predicted octanol–water partition coefficient (Wildman–Crippen LogP) is 6.97. The molecule has 1 aromatic heterocycles. The number of methoxy groups -OCH3 is 2. The van der Waals surface area contributed by atoms with Crippen LogP contribution in [0.25, 0.3) is 17.5 Å². The van der Waals surface area contributed by atoms with E-state index in [1.807, 2.05) is 12.1 Å². The van der Waals surface area contributed by atoms with Crippen molar-refractivity contribution in [3.8, 4) is 28.7 Å². The first kappa shape index (κ1) is 26.6. The van der Waals surface area contributed by atoms with Crippen LogP contribution in [0.5, 0.6) is 17.2 Å². The van der Waals surface area contributed by atoms with Crippen LogP contribution in [-0.2, 0) is 11.4 Å². The Morgan fingerprint density at radius 2 is 1.76 bits per heavy atom. The molecule has 1 heterocycles. The van der Waals surface area contributed by atoms with E-state index in [1.54, 1.807) is 48.5 Å². The van der Waals surface area contributed by atoms with E-state index in [2.05, 4.69) is 26.1 Å². The monoisotopic (exact) mass is 602 g/mol. The quantitative estimate of drug-likeness (QED) is 0.152. The Kier molecular flexibility index (Phi) is 8.75. The summed E-state index contributed by atoms with van der Waals surface area (Å²) in [5, 5.41) is 18.5. The van der Waals surface area contributed by atoms with Gasteiger partial charge in [-0.1, -0.05) is 29.8 Å². The van der Waals surface area contributed by atoms with Crippen molar-refractivity contribution >= 4 is 51.3 Å². The number of halogens is 2. The minimum Gasteiger partial charge on any atom is -0.497 e. The molecular weight excluding hydrogens is 584 g/mol. The number of nitrogens with zero attached hydrogens (tertiary/aromatic N) is 2. The van der Waals surface area contributed by atoms with Crippen molar-refractivity contribution in [3.05, 3.63) is 86.2 Å². The van der Waals surface area contributed by atoms with E-state index < -0.39 is 5.97 Å². The lowest BCUT2D eigenvalue weighted by atomic mass is 10.2. The molecule has 0 fully saturated rings. The Morgan fingerprint density at radius 3 is 2.38 bits per heavy atom. The fourth-order valence-corrected chi connectivity index (χ4v) is 4.45. The van der Waals surface area contributed by atoms with Crippen LogP contribution in [0, 0.1) is 0 Å². The number of thioether (sulfide) groups is 1. The molecule has 1 N–H and O–H groups in total. The maximum Gasteiger partial charge on any atom is 0.342 e. The lowest BCUT2D eigenvalue weighted by molar-refractivity contribution is -0.131. The summed E-state index contributed by atoms with van der Waals surface area (Å²) in [6.07, 6.45) is 1.51. The highest BCUT2D eigenvalue weighted by Crippen LogP contribution is 2.34. The molecule has 0 aliphatic heterocycles. The van der Waals surface area contributed by atoms with Crippen LogP contribution in [-0.4, -0.2) is 35.5 Å². The lowest BCUT2D eigenvalue weighted by Crippen LogP contribution is -1.98. The molecule has 4 aromatic rings. The van der Waals surface area contributed by atoms with Crippen molar-refractivity contribution < 1.29 is 28.5 Å². The van der Waals surface area contributed by atoms with Crippen LogP contribution in [0.1, 0.15) is 11.1 Å². The number of aliphatic carboxylic acids is 1. The number of rotatable bonds is 10. The summed E-state index contributed by atoms with van der Waals surface area (Å²) in [4.78, 5) is 11.9. The third-order valence-corrected chi connectivity index (χ3v) is 6.70. The molecule has 4 rings (SSSR count). The number of hydrogen-bond donors (Lipinski definition) is 1. The Morgan fingerprint density at radius 1 is 1.05 bits per heavy atom. The van der Waals surface area contributed by atoms with Crippen LogP contribution >= 0.6 is 39.3 Å². The Labute approximate surface area is 230 Å². The fourth-order valence-electron chi connectivity index (χ4n) is 3.14. The van der Waals surface area contributed by atoms with E-state index >= 15 is 0 Å². The summed E-state index contributed by atoms with van der Waals surface area (Å²) in [6, 6.07) is 17.8. The van der Waals surface area contributed by atoms with E-state index in [9.17, 15) is 9.90 Å². The predicted molar refractivity (Wildman–Crippen MR) is 144 cm³/mol. The molecular formula is C26H20BrClN2O6S. The summed E-state index contributed by atoms with van der Waals surface area (Å²) >= 11 is 10.3. The first-order valence-electron chi connectivity index (χ1n) is 10.7. The van der Waals surface area contributed by atoms with Gasteiger partial charge in [0.25, 0.3) is 5.22 Å². The summed E-state index contributed by atoms with van der Waals surface area (Å²) in [5.41, 5.74) is 2.19. The largest absolute Gasteiger partial charge is 0.497 e. The van der Waals surface area contributed by atoms with Crippen LogP contribution in [0.15, 0.2) is 79.7 Å². The van der Waals surface area contributed by atoms with Gasteiger partial charge in [-0.25, -0.2) is 4.79 Å². The average Bonchev–Trinajstić information content (AvgIpc) is 3.37. The molecule has 0 radical (unpaired) electrons. The number of carboxylic acid groups (broad SMARTS) is 1. The molecule has 11 heteroatoms. The first-order chi connectivity index (χ1) is 17.8. The zero-order valence-corrected chi connectivity index (χ0v) is 22.8. The van der Waals surface area contributed by atoms with Crippen molar-refractivity contribution in [1.29, 1.82) is 0 Å². The molecule has 0 aliphatic rings. The van der Waals surface area contributed by atoms with E-state index in [4.69, 9.17) is 30.2 Å². The van der Waals surface area contributed by atoms with Crippen LogP contribution in [0.2, 0.25) is 5.02 Å². The van der Waals surface area contributed by atoms with E-state index in [0.717, 1.165) is 17.3 Å². The summed E-state index contributed by atoms with van der Waals surface area (Å²) in [6.45, 7) is 0.361. The number of aromatic nitrogens is 2. The molecule has 0 atom stereocenters. The summed E-state index contributed by atoms with van der Waals surface area (Å²) in [7, 11) is 3.07. The molecule has 0 saturated carbocycles. The number of carbonyl (C=O) groups is 1. The number of ether oxygens (including phenoxy) is 3. The van der Waals surface area contributed by atoms with Gasteiger partial charge in [0.2, 0.25) is 5.89 Å². The van der Waals surface area contributed by atoms with Gasteiger partial charge in [-0.05, 0) is 81.3 Å². The zero-order chi connectivity index (χ0) is 26.4. The van der Waals surface area contributed by atoms with Crippen molar-refractivity contribution in [2.24, 2.45) is 0 Å². The van der Waals surface area contributed by atoms with Crippen molar-refractivity contribution in [2.75, 3.05) is 14.2 Å². The Balaban J connectivity index is 1.49. The maximum absolute atomic E-state index is 11.9. The molecule has 0 bridgehead atoms. The number of hydrogen-bond acceptors (Lipinski definition) is 8. The van der Waals surface area contributed by atoms with Gasteiger partial charge in [-0.3, -0.25) is 0 Å². The van der Waals surface area contributed by atoms with Crippen LogP contribution in [0.4, 0.5) is 0 Å².